The SMILES string of the molecule is CC(C)c1nc2cc(N)ccc2n1-c1c(F)cccc1Cl. The van der Waals surface area contributed by atoms with E-state index < -0.39 is 0 Å². The van der Waals surface area contributed by atoms with Crippen LogP contribution >= 0.6 is 11.6 Å². The third-order valence-electron chi connectivity index (χ3n) is 3.38. The number of nitrogens with zero attached hydrogens (tertiary/aromatic N) is 2. The van der Waals surface area contributed by atoms with Crippen molar-refractivity contribution < 1.29 is 4.39 Å². The Kier molecular flexibility index (Phi) is 3.33. The zero-order valence-corrected chi connectivity index (χ0v) is 12.5. The van der Waals surface area contributed by atoms with Crippen LogP contribution in [0.15, 0.2) is 36.4 Å². The van der Waals surface area contributed by atoms with Crippen LogP contribution in [-0.2, 0) is 0 Å². The Hall–Kier alpha value is -2.07. The maximum atomic E-state index is 14.3. The molecular formula is C16H15ClFN3. The number of para-hydroxylation sites is 1. The number of nitrogens with two attached hydrogens (primary N) is 1. The molecule has 21 heavy (non-hydrogen) atoms. The van der Waals surface area contributed by atoms with Gasteiger partial charge < -0.3 is 5.73 Å². The number of benzene rings is 2. The van der Waals surface area contributed by atoms with Crippen LogP contribution in [0.1, 0.15) is 25.6 Å². The Labute approximate surface area is 127 Å². The molecule has 0 saturated heterocycles. The van der Waals surface area contributed by atoms with Gasteiger partial charge >= 0.3 is 0 Å². The minimum atomic E-state index is -0.375. The molecule has 1 aromatic heterocycles. The Morgan fingerprint density at radius 2 is 2.00 bits per heavy atom. The van der Waals surface area contributed by atoms with Gasteiger partial charge in [0.2, 0.25) is 0 Å². The second kappa shape index (κ2) is 5.04. The molecule has 3 aromatic rings. The van der Waals surface area contributed by atoms with Gasteiger partial charge in [-0.15, -0.1) is 0 Å². The minimum Gasteiger partial charge on any atom is -0.399 e. The topological polar surface area (TPSA) is 43.8 Å². The molecule has 5 heteroatoms. The van der Waals surface area contributed by atoms with Gasteiger partial charge in [0.25, 0.3) is 0 Å². The third-order valence-corrected chi connectivity index (χ3v) is 3.69. The number of anilines is 1. The average molecular weight is 304 g/mol. The Morgan fingerprint density at radius 1 is 1.24 bits per heavy atom. The van der Waals surface area contributed by atoms with E-state index in [1.807, 2.05) is 19.9 Å². The van der Waals surface area contributed by atoms with Crippen molar-refractivity contribution in [2.75, 3.05) is 5.73 Å². The lowest BCUT2D eigenvalue weighted by Crippen LogP contribution is -2.05. The van der Waals surface area contributed by atoms with Crippen LogP contribution in [0.4, 0.5) is 10.1 Å². The number of hydrogen-bond donors (Lipinski definition) is 1. The molecule has 0 aliphatic carbocycles. The molecule has 3 rings (SSSR count). The third kappa shape index (κ3) is 2.25. The minimum absolute atomic E-state index is 0.120. The zero-order valence-electron chi connectivity index (χ0n) is 11.8. The summed E-state index contributed by atoms with van der Waals surface area (Å²) >= 11 is 6.22. The fourth-order valence-corrected chi connectivity index (χ4v) is 2.69. The summed E-state index contributed by atoms with van der Waals surface area (Å²) in [6.07, 6.45) is 0. The van der Waals surface area contributed by atoms with Gasteiger partial charge in [0.05, 0.1) is 16.1 Å². The van der Waals surface area contributed by atoms with Gasteiger partial charge in [-0.05, 0) is 30.3 Å². The van der Waals surface area contributed by atoms with Gasteiger partial charge in [-0.1, -0.05) is 31.5 Å². The van der Waals surface area contributed by atoms with Crippen LogP contribution in [0.25, 0.3) is 16.7 Å². The van der Waals surface area contributed by atoms with Crippen molar-refractivity contribution in [3.05, 3.63) is 53.1 Å². The highest BCUT2D eigenvalue weighted by atomic mass is 35.5. The van der Waals surface area contributed by atoms with Gasteiger partial charge in [0, 0.05) is 11.6 Å². The van der Waals surface area contributed by atoms with Crippen LogP contribution in [0, 0.1) is 5.82 Å². The molecule has 0 aliphatic heterocycles. The van der Waals surface area contributed by atoms with Gasteiger partial charge in [-0.3, -0.25) is 4.57 Å². The van der Waals surface area contributed by atoms with E-state index in [9.17, 15) is 4.39 Å². The van der Waals surface area contributed by atoms with Gasteiger partial charge in [0.1, 0.15) is 17.3 Å². The summed E-state index contributed by atoms with van der Waals surface area (Å²) in [7, 11) is 0. The van der Waals surface area contributed by atoms with Crippen molar-refractivity contribution in [1.29, 1.82) is 0 Å². The van der Waals surface area contributed by atoms with E-state index in [4.69, 9.17) is 17.3 Å². The van der Waals surface area contributed by atoms with E-state index in [1.165, 1.54) is 6.07 Å². The summed E-state index contributed by atoms with van der Waals surface area (Å²) in [6, 6.07) is 10.1. The van der Waals surface area contributed by atoms with Crippen molar-refractivity contribution in [1.82, 2.24) is 9.55 Å². The number of imidazole rings is 1. The number of fused-ring (bicyclic) bond motifs is 1. The molecule has 2 N–H and O–H groups in total. The highest BCUT2D eigenvalue weighted by Crippen LogP contribution is 2.32. The highest BCUT2D eigenvalue weighted by Gasteiger charge is 2.19. The van der Waals surface area contributed by atoms with Crippen molar-refractivity contribution in [3.8, 4) is 5.69 Å². The lowest BCUT2D eigenvalue weighted by atomic mass is 10.2. The van der Waals surface area contributed by atoms with Crippen molar-refractivity contribution in [2.45, 2.75) is 19.8 Å². The number of hydrogen-bond acceptors (Lipinski definition) is 2. The standard InChI is InChI=1S/C16H15ClFN3/c1-9(2)16-20-13-8-10(19)6-7-14(13)21(16)15-11(17)4-3-5-12(15)18/h3-9H,19H2,1-2H3. The first kappa shape index (κ1) is 13.9. The summed E-state index contributed by atoms with van der Waals surface area (Å²) in [6.45, 7) is 4.02. The van der Waals surface area contributed by atoms with Crippen LogP contribution in [-0.4, -0.2) is 9.55 Å². The van der Waals surface area contributed by atoms with Gasteiger partial charge in [-0.2, -0.15) is 0 Å². The molecule has 0 fully saturated rings. The molecule has 0 bridgehead atoms. The molecule has 0 atom stereocenters. The van der Waals surface area contributed by atoms with Crippen LogP contribution < -0.4 is 5.73 Å². The zero-order chi connectivity index (χ0) is 15.1. The number of nitrogen functional groups attached to an aromatic ring is 1. The Morgan fingerprint density at radius 3 is 2.67 bits per heavy atom. The first-order valence-electron chi connectivity index (χ1n) is 6.71. The van der Waals surface area contributed by atoms with E-state index in [1.54, 1.807) is 28.8 Å². The van der Waals surface area contributed by atoms with Crippen molar-refractivity contribution in [3.63, 3.8) is 0 Å². The van der Waals surface area contributed by atoms with E-state index in [0.29, 0.717) is 16.4 Å². The molecule has 108 valence electrons. The average Bonchev–Trinajstić information content (AvgIpc) is 2.77. The van der Waals surface area contributed by atoms with Gasteiger partial charge in [0.15, 0.2) is 0 Å². The Balaban J connectivity index is 2.42. The summed E-state index contributed by atoms with van der Waals surface area (Å²) in [5.74, 6) is 0.498. The smallest absolute Gasteiger partial charge is 0.148 e. The summed E-state index contributed by atoms with van der Waals surface area (Å²) in [4.78, 5) is 4.59. The van der Waals surface area contributed by atoms with Crippen LogP contribution in [0.3, 0.4) is 0 Å². The number of aromatic nitrogens is 2. The molecular weight excluding hydrogens is 289 g/mol. The maximum Gasteiger partial charge on any atom is 0.148 e. The second-order valence-corrected chi connectivity index (χ2v) is 5.69. The second-order valence-electron chi connectivity index (χ2n) is 5.28. The highest BCUT2D eigenvalue weighted by molar-refractivity contribution is 6.32. The molecule has 3 nitrogen and oxygen atoms in total. The molecule has 2 aromatic carbocycles. The first-order chi connectivity index (χ1) is 9.99. The van der Waals surface area contributed by atoms with E-state index in [2.05, 4.69) is 4.98 Å². The summed E-state index contributed by atoms with van der Waals surface area (Å²) < 4.78 is 16.1. The largest absolute Gasteiger partial charge is 0.399 e. The predicted octanol–water partition coefficient (Wildman–Crippen LogP) is 4.52. The molecule has 0 amide bonds. The summed E-state index contributed by atoms with van der Waals surface area (Å²) in [5, 5.41) is 0.355. The Bertz CT molecular complexity index is 803. The van der Waals surface area contributed by atoms with E-state index >= 15 is 0 Å². The number of halogens is 2. The molecule has 1 heterocycles. The first-order valence-corrected chi connectivity index (χ1v) is 7.09. The van der Waals surface area contributed by atoms with Crippen LogP contribution in [0.5, 0.6) is 0 Å². The molecule has 0 unspecified atom stereocenters. The van der Waals surface area contributed by atoms with Crippen molar-refractivity contribution in [2.24, 2.45) is 0 Å². The van der Waals surface area contributed by atoms with Crippen molar-refractivity contribution >= 4 is 28.3 Å². The molecule has 0 saturated carbocycles. The summed E-state index contributed by atoms with van der Waals surface area (Å²) in [5.41, 5.74) is 8.29. The quantitative estimate of drug-likeness (QED) is 0.707. The fourth-order valence-electron chi connectivity index (χ4n) is 2.44. The normalized spacial score (nSPS) is 11.5. The van der Waals surface area contributed by atoms with Crippen LogP contribution in [0.2, 0.25) is 5.02 Å². The lowest BCUT2D eigenvalue weighted by Gasteiger charge is -2.13. The van der Waals surface area contributed by atoms with Gasteiger partial charge in [-0.25, -0.2) is 9.37 Å². The number of rotatable bonds is 2. The fraction of sp³-hybridized carbons (Fsp3) is 0.188. The monoisotopic (exact) mass is 303 g/mol. The van der Waals surface area contributed by atoms with E-state index in [-0.39, 0.29) is 11.7 Å². The molecule has 0 aliphatic rings. The molecule has 0 spiro atoms. The lowest BCUT2D eigenvalue weighted by molar-refractivity contribution is 0.614. The predicted molar refractivity (Wildman–Crippen MR) is 84.5 cm³/mol. The maximum absolute atomic E-state index is 14.3. The van der Waals surface area contributed by atoms with E-state index in [0.717, 1.165) is 16.9 Å². The molecule has 0 radical (unpaired) electrons.